The molecule has 0 aromatic heterocycles. The first-order chi connectivity index (χ1) is 13.6. The highest BCUT2D eigenvalue weighted by Gasteiger charge is 2.52. The molecule has 0 spiro atoms. The van der Waals surface area contributed by atoms with Crippen LogP contribution in [0, 0.1) is 0 Å². The van der Waals surface area contributed by atoms with E-state index in [0.717, 1.165) is 0 Å². The van der Waals surface area contributed by atoms with Crippen LogP contribution in [0.15, 0.2) is 0 Å². The highest BCUT2D eigenvalue weighted by molar-refractivity contribution is 8.00. The third-order valence-electron chi connectivity index (χ3n) is 4.03. The fourth-order valence-electron chi connectivity index (χ4n) is 2.87. The Morgan fingerprint density at radius 1 is 0.897 bits per heavy atom. The fourth-order valence-corrected chi connectivity index (χ4v) is 4.03. The second kappa shape index (κ2) is 12.0. The van der Waals surface area contributed by atoms with E-state index < -0.39 is 59.8 Å². The van der Waals surface area contributed by atoms with Crippen molar-refractivity contribution in [1.29, 1.82) is 0 Å². The Morgan fingerprint density at radius 2 is 1.41 bits per heavy atom. The van der Waals surface area contributed by atoms with Gasteiger partial charge in [0, 0.05) is 33.6 Å². The van der Waals surface area contributed by atoms with Crippen LogP contribution in [-0.2, 0) is 47.6 Å². The molecule has 1 aliphatic rings. The maximum atomic E-state index is 11.9. The molecule has 0 aromatic carbocycles. The fraction of sp³-hybridized carbons (Fsp3) is 0.778. The van der Waals surface area contributed by atoms with Crippen molar-refractivity contribution >= 4 is 35.6 Å². The molecular weight excluding hydrogens is 408 g/mol. The Labute approximate surface area is 173 Å². The van der Waals surface area contributed by atoms with Crippen molar-refractivity contribution in [2.24, 2.45) is 0 Å². The maximum absolute atomic E-state index is 11.9. The number of ether oxygens (including phenoxy) is 6. The normalized spacial score (nSPS) is 27.4. The molecule has 1 aliphatic heterocycles. The quantitative estimate of drug-likeness (QED) is 0.377. The number of thioether (sulfide) groups is 1. The van der Waals surface area contributed by atoms with Crippen molar-refractivity contribution < 1.29 is 47.6 Å². The molecule has 0 saturated carbocycles. The third kappa shape index (κ3) is 7.48. The van der Waals surface area contributed by atoms with E-state index in [1.54, 1.807) is 0 Å². The van der Waals surface area contributed by atoms with Crippen LogP contribution in [0.1, 0.15) is 34.1 Å². The first-order valence-corrected chi connectivity index (χ1v) is 10.1. The zero-order chi connectivity index (χ0) is 22.1. The van der Waals surface area contributed by atoms with Gasteiger partial charge in [-0.1, -0.05) is 6.92 Å². The number of carbonyl (C=O) groups is 4. The topological polar surface area (TPSA) is 124 Å². The molecule has 6 atom stereocenters. The predicted octanol–water partition coefficient (Wildman–Crippen LogP) is 0.838. The van der Waals surface area contributed by atoms with Crippen LogP contribution in [0.2, 0.25) is 0 Å². The smallest absolute Gasteiger partial charge is 0.318 e. The van der Waals surface area contributed by atoms with Gasteiger partial charge in [-0.3, -0.25) is 19.2 Å². The van der Waals surface area contributed by atoms with Crippen LogP contribution in [0.25, 0.3) is 0 Å². The van der Waals surface area contributed by atoms with E-state index in [4.69, 9.17) is 28.4 Å². The molecule has 1 rings (SSSR count). The van der Waals surface area contributed by atoms with Gasteiger partial charge < -0.3 is 28.4 Å². The lowest BCUT2D eigenvalue weighted by Gasteiger charge is -2.44. The van der Waals surface area contributed by atoms with Gasteiger partial charge in [-0.25, -0.2) is 0 Å². The Hall–Kier alpha value is -1.85. The molecule has 0 N–H and O–H groups in total. The Morgan fingerprint density at radius 3 is 1.86 bits per heavy atom. The van der Waals surface area contributed by atoms with E-state index in [1.165, 1.54) is 46.8 Å². The predicted molar refractivity (Wildman–Crippen MR) is 101 cm³/mol. The lowest BCUT2D eigenvalue weighted by atomic mass is 9.98. The molecule has 29 heavy (non-hydrogen) atoms. The molecule has 0 amide bonds. The summed E-state index contributed by atoms with van der Waals surface area (Å²) in [5.74, 6) is -2.13. The number of methoxy groups -OCH3 is 2. The summed E-state index contributed by atoms with van der Waals surface area (Å²) < 4.78 is 31.8. The first kappa shape index (κ1) is 25.2. The van der Waals surface area contributed by atoms with E-state index in [0.29, 0.717) is 6.42 Å². The van der Waals surface area contributed by atoms with E-state index >= 15 is 0 Å². The van der Waals surface area contributed by atoms with Gasteiger partial charge in [-0.15, -0.1) is 11.8 Å². The molecule has 0 radical (unpaired) electrons. The number of hydrogen-bond donors (Lipinski definition) is 0. The Kier molecular flexibility index (Phi) is 10.4. The second-order valence-electron chi connectivity index (χ2n) is 6.25. The van der Waals surface area contributed by atoms with Crippen molar-refractivity contribution in [3.8, 4) is 0 Å². The van der Waals surface area contributed by atoms with Crippen molar-refractivity contribution in [1.82, 2.24) is 0 Å². The van der Waals surface area contributed by atoms with Gasteiger partial charge in [0.15, 0.2) is 24.6 Å². The summed E-state index contributed by atoms with van der Waals surface area (Å²) in [6, 6.07) is 0. The molecule has 166 valence electrons. The third-order valence-corrected chi connectivity index (χ3v) is 5.48. The zero-order valence-corrected chi connectivity index (χ0v) is 18.2. The molecule has 1 fully saturated rings. The maximum Gasteiger partial charge on any atom is 0.318 e. The first-order valence-electron chi connectivity index (χ1n) is 9.03. The summed E-state index contributed by atoms with van der Waals surface area (Å²) in [5, 5.41) is -0.457. The molecule has 0 aromatic rings. The van der Waals surface area contributed by atoms with Crippen molar-refractivity contribution in [3.63, 3.8) is 0 Å². The molecular formula is C18H28O10S. The molecule has 0 aliphatic carbocycles. The monoisotopic (exact) mass is 436 g/mol. The highest BCUT2D eigenvalue weighted by Crippen LogP contribution is 2.32. The molecule has 0 bridgehead atoms. The van der Waals surface area contributed by atoms with Crippen LogP contribution in [0.5, 0.6) is 0 Å². The Bertz CT molecular complexity index is 595. The highest BCUT2D eigenvalue weighted by atomic mass is 32.2. The molecule has 1 saturated heterocycles. The molecule has 10 nitrogen and oxygen atoms in total. The van der Waals surface area contributed by atoms with Crippen LogP contribution in [-0.4, -0.2) is 79.8 Å². The minimum atomic E-state index is -1.15. The average Bonchev–Trinajstić information content (AvgIpc) is 2.64. The van der Waals surface area contributed by atoms with Gasteiger partial charge in [-0.2, -0.15) is 0 Å². The lowest BCUT2D eigenvalue weighted by molar-refractivity contribution is -0.294. The molecule has 1 heterocycles. The van der Waals surface area contributed by atoms with Crippen LogP contribution < -0.4 is 0 Å². The largest absolute Gasteiger partial charge is 0.468 e. The van der Waals surface area contributed by atoms with E-state index in [2.05, 4.69) is 0 Å². The minimum Gasteiger partial charge on any atom is -0.468 e. The number of hydrogen-bond acceptors (Lipinski definition) is 11. The van der Waals surface area contributed by atoms with Gasteiger partial charge >= 0.3 is 23.9 Å². The summed E-state index contributed by atoms with van der Waals surface area (Å²) >= 11 is 1.25. The lowest BCUT2D eigenvalue weighted by Crippen LogP contribution is -2.62. The average molecular weight is 436 g/mol. The summed E-state index contributed by atoms with van der Waals surface area (Å²) in [6.07, 6.45) is -4.73. The van der Waals surface area contributed by atoms with Crippen LogP contribution in [0.4, 0.5) is 0 Å². The van der Waals surface area contributed by atoms with Crippen LogP contribution >= 0.6 is 11.8 Å². The zero-order valence-electron chi connectivity index (χ0n) is 17.4. The van der Waals surface area contributed by atoms with Crippen molar-refractivity contribution in [2.75, 3.05) is 20.0 Å². The molecule has 1 unspecified atom stereocenters. The van der Waals surface area contributed by atoms with E-state index in [1.807, 2.05) is 6.92 Å². The minimum absolute atomic E-state index is 0.204. The number of carbonyl (C=O) groups excluding carboxylic acids is 4. The number of esters is 4. The Balaban J connectivity index is 3.17. The molecule has 11 heteroatoms. The van der Waals surface area contributed by atoms with Crippen molar-refractivity contribution in [2.45, 2.75) is 70.1 Å². The van der Waals surface area contributed by atoms with Crippen LogP contribution in [0.3, 0.4) is 0 Å². The van der Waals surface area contributed by atoms with Crippen molar-refractivity contribution in [3.05, 3.63) is 0 Å². The van der Waals surface area contributed by atoms with E-state index in [-0.39, 0.29) is 5.75 Å². The SMILES string of the molecule is CCC(SC[C@H]1O[C@@H](OC)[C@H](OC(C)=O)[C@@H](OC(C)=O)[C@@H]1OC(C)=O)C(=O)OC. The van der Waals surface area contributed by atoms with E-state index in [9.17, 15) is 19.2 Å². The summed E-state index contributed by atoms with van der Waals surface area (Å²) in [6.45, 7) is 5.39. The van der Waals surface area contributed by atoms with Gasteiger partial charge in [0.05, 0.1) is 7.11 Å². The number of rotatable bonds is 9. The van der Waals surface area contributed by atoms with Gasteiger partial charge in [0.2, 0.25) is 0 Å². The summed E-state index contributed by atoms with van der Waals surface area (Å²) in [4.78, 5) is 46.7. The summed E-state index contributed by atoms with van der Waals surface area (Å²) in [5.41, 5.74) is 0. The van der Waals surface area contributed by atoms with Gasteiger partial charge in [-0.05, 0) is 6.42 Å². The standard InChI is InChI=1S/C18H28O10S/c1-7-13(17(22)23-5)29-8-12-14(25-9(2)19)15(26-10(3)20)16(27-11(4)21)18(24-6)28-12/h12-16,18H,7-8H2,1-6H3/t12-,13?,14-,15+,16-,18-/m1/s1. The van der Waals surface area contributed by atoms with Gasteiger partial charge in [0.25, 0.3) is 0 Å². The summed E-state index contributed by atoms with van der Waals surface area (Å²) in [7, 11) is 2.64. The second-order valence-corrected chi connectivity index (χ2v) is 7.49. The van der Waals surface area contributed by atoms with Gasteiger partial charge in [0.1, 0.15) is 11.4 Å².